The first-order valence-corrected chi connectivity index (χ1v) is 8.55. The van der Waals surface area contributed by atoms with Crippen LogP contribution in [0.3, 0.4) is 0 Å². The van der Waals surface area contributed by atoms with E-state index >= 15 is 0 Å². The van der Waals surface area contributed by atoms with E-state index < -0.39 is 22.7 Å². The normalized spacial score (nSPS) is 10.8. The fourth-order valence-electron chi connectivity index (χ4n) is 2.82. The molecule has 0 spiro atoms. The smallest absolute Gasteiger partial charge is 0.269 e. The molecule has 4 rings (SSSR count). The Morgan fingerprint density at radius 1 is 1.03 bits per heavy atom. The molecule has 0 saturated heterocycles. The van der Waals surface area contributed by atoms with Crippen LogP contribution in [-0.2, 0) is 0 Å². The summed E-state index contributed by atoms with van der Waals surface area (Å²) in [7, 11) is 0. The molecule has 29 heavy (non-hydrogen) atoms. The number of para-hydroxylation sites is 1. The second kappa shape index (κ2) is 7.43. The predicted molar refractivity (Wildman–Crippen MR) is 103 cm³/mol. The van der Waals surface area contributed by atoms with E-state index in [1.165, 1.54) is 30.5 Å². The largest absolute Gasteiger partial charge is 0.478 e. The molecule has 0 aliphatic carbocycles. The first-order chi connectivity index (χ1) is 14.0. The summed E-state index contributed by atoms with van der Waals surface area (Å²) in [5.41, 5.74) is 0.0192. The predicted octanol–water partition coefficient (Wildman–Crippen LogP) is 4.22. The number of rotatable bonds is 6. The van der Waals surface area contributed by atoms with E-state index in [9.17, 15) is 19.7 Å². The number of hydrogen-bond acceptors (Lipinski definition) is 7. The van der Waals surface area contributed by atoms with E-state index in [4.69, 9.17) is 13.6 Å². The lowest BCUT2D eigenvalue weighted by Gasteiger charge is -2.10. The number of non-ortho nitro benzene ring substituents is 1. The summed E-state index contributed by atoms with van der Waals surface area (Å²) in [6, 6.07) is 15.0. The highest BCUT2D eigenvalue weighted by Gasteiger charge is 2.21. The number of carbonyl (C=O) groups excluding carboxylic acids is 1. The van der Waals surface area contributed by atoms with Gasteiger partial charge in [-0.2, -0.15) is 0 Å². The van der Waals surface area contributed by atoms with Crippen molar-refractivity contribution in [2.24, 2.45) is 0 Å². The Morgan fingerprint density at radius 2 is 1.79 bits per heavy atom. The van der Waals surface area contributed by atoms with Crippen LogP contribution in [0.15, 0.2) is 80.6 Å². The highest BCUT2D eigenvalue weighted by atomic mass is 16.6. The second-order valence-corrected chi connectivity index (χ2v) is 6.08. The van der Waals surface area contributed by atoms with Gasteiger partial charge < -0.3 is 13.6 Å². The number of ketones is 1. The van der Waals surface area contributed by atoms with Crippen molar-refractivity contribution in [2.45, 2.75) is 0 Å². The molecule has 2 aromatic carbocycles. The first kappa shape index (κ1) is 18.2. The van der Waals surface area contributed by atoms with Crippen molar-refractivity contribution in [2.75, 3.05) is 6.61 Å². The maximum atomic E-state index is 12.9. The summed E-state index contributed by atoms with van der Waals surface area (Å²) in [4.78, 5) is 35.5. The number of nitrogens with zero attached hydrogens (tertiary/aromatic N) is 1. The topological polar surface area (TPSA) is 113 Å². The monoisotopic (exact) mass is 391 g/mol. The second-order valence-electron chi connectivity index (χ2n) is 6.08. The Morgan fingerprint density at radius 3 is 2.48 bits per heavy atom. The fourth-order valence-corrected chi connectivity index (χ4v) is 2.82. The molecule has 0 fully saturated rings. The summed E-state index contributed by atoms with van der Waals surface area (Å²) in [5.74, 6) is -0.229. The van der Waals surface area contributed by atoms with Crippen LogP contribution in [0.5, 0.6) is 5.75 Å². The number of hydrogen-bond donors (Lipinski definition) is 0. The van der Waals surface area contributed by atoms with Crippen molar-refractivity contribution < 1.29 is 23.3 Å². The van der Waals surface area contributed by atoms with Crippen molar-refractivity contribution in [3.63, 3.8) is 0 Å². The van der Waals surface area contributed by atoms with E-state index in [0.717, 1.165) is 0 Å². The Bertz CT molecular complexity index is 1250. The molecule has 0 radical (unpaired) electrons. The minimum Gasteiger partial charge on any atom is -0.478 e. The SMILES string of the molecule is O=C(COc1c(-c2ccco2)oc2ccccc2c1=O)c1ccc([N+](=O)[O-])cc1. The van der Waals surface area contributed by atoms with Gasteiger partial charge in [-0.15, -0.1) is 0 Å². The number of benzene rings is 2. The number of nitro groups is 1. The number of ether oxygens (including phenoxy) is 1. The minimum absolute atomic E-state index is 0.0789. The van der Waals surface area contributed by atoms with Gasteiger partial charge in [-0.3, -0.25) is 19.7 Å². The number of carbonyl (C=O) groups is 1. The maximum Gasteiger partial charge on any atom is 0.269 e. The average molecular weight is 391 g/mol. The zero-order valence-corrected chi connectivity index (χ0v) is 14.9. The summed E-state index contributed by atoms with van der Waals surface area (Å²) >= 11 is 0. The quantitative estimate of drug-likeness (QED) is 0.275. The highest BCUT2D eigenvalue weighted by molar-refractivity contribution is 5.97. The lowest BCUT2D eigenvalue weighted by molar-refractivity contribution is -0.384. The molecular weight excluding hydrogens is 378 g/mol. The van der Waals surface area contributed by atoms with Crippen LogP contribution < -0.4 is 10.2 Å². The Kier molecular flexibility index (Phi) is 4.66. The number of Topliss-reactive ketones (excluding diaryl/α,β-unsaturated/α-hetero) is 1. The highest BCUT2D eigenvalue weighted by Crippen LogP contribution is 2.31. The van der Waals surface area contributed by atoms with Gasteiger partial charge in [0.25, 0.3) is 5.69 Å². The molecule has 0 N–H and O–H groups in total. The molecule has 0 aliphatic rings. The fraction of sp³-hybridized carbons (Fsp3) is 0.0476. The van der Waals surface area contributed by atoms with Gasteiger partial charge in [0.05, 0.1) is 16.6 Å². The van der Waals surface area contributed by atoms with Gasteiger partial charge in [-0.05, 0) is 36.4 Å². The van der Waals surface area contributed by atoms with E-state index in [0.29, 0.717) is 11.0 Å². The third-order valence-electron chi connectivity index (χ3n) is 4.25. The van der Waals surface area contributed by atoms with Gasteiger partial charge in [0, 0.05) is 17.7 Å². The summed E-state index contributed by atoms with van der Waals surface area (Å²) < 4.78 is 16.7. The van der Waals surface area contributed by atoms with Crippen LogP contribution in [0.25, 0.3) is 22.5 Å². The van der Waals surface area contributed by atoms with Gasteiger partial charge in [0.2, 0.25) is 16.9 Å². The van der Waals surface area contributed by atoms with Gasteiger partial charge in [-0.25, -0.2) is 0 Å². The van der Waals surface area contributed by atoms with Crippen LogP contribution in [0.4, 0.5) is 5.69 Å². The van der Waals surface area contributed by atoms with Crippen LogP contribution in [-0.4, -0.2) is 17.3 Å². The van der Waals surface area contributed by atoms with Crippen molar-refractivity contribution >= 4 is 22.4 Å². The molecule has 144 valence electrons. The third-order valence-corrected chi connectivity index (χ3v) is 4.25. The van der Waals surface area contributed by atoms with Crippen LogP contribution in [0.2, 0.25) is 0 Å². The zero-order valence-electron chi connectivity index (χ0n) is 14.9. The van der Waals surface area contributed by atoms with Crippen LogP contribution >= 0.6 is 0 Å². The number of fused-ring (bicyclic) bond motifs is 1. The number of nitro benzene ring substituents is 1. The zero-order chi connectivity index (χ0) is 20.4. The van der Waals surface area contributed by atoms with Crippen molar-refractivity contribution in [3.05, 3.63) is 92.8 Å². The molecule has 8 heteroatoms. The minimum atomic E-state index is -0.555. The molecule has 0 bridgehead atoms. The molecule has 0 atom stereocenters. The summed E-state index contributed by atoms with van der Waals surface area (Å²) in [5, 5.41) is 11.0. The Balaban J connectivity index is 1.67. The maximum absolute atomic E-state index is 12.9. The molecule has 2 aromatic heterocycles. The summed E-state index contributed by atoms with van der Waals surface area (Å²) in [6.45, 7) is -0.450. The molecule has 4 aromatic rings. The lowest BCUT2D eigenvalue weighted by Crippen LogP contribution is -2.17. The molecule has 2 heterocycles. The molecule has 0 aliphatic heterocycles. The molecule has 0 amide bonds. The molecule has 0 unspecified atom stereocenters. The van der Waals surface area contributed by atoms with Crippen LogP contribution in [0, 0.1) is 10.1 Å². The average Bonchev–Trinajstić information content (AvgIpc) is 3.27. The summed E-state index contributed by atoms with van der Waals surface area (Å²) in [6.07, 6.45) is 1.43. The van der Waals surface area contributed by atoms with Gasteiger partial charge in [0.15, 0.2) is 18.2 Å². The Labute approximate surface area is 163 Å². The molecule has 8 nitrogen and oxygen atoms in total. The van der Waals surface area contributed by atoms with E-state index in [-0.39, 0.29) is 28.5 Å². The molecule has 0 saturated carbocycles. The van der Waals surface area contributed by atoms with Gasteiger partial charge in [-0.1, -0.05) is 12.1 Å². The Hall–Kier alpha value is -4.20. The van der Waals surface area contributed by atoms with E-state index in [2.05, 4.69) is 0 Å². The van der Waals surface area contributed by atoms with Crippen molar-refractivity contribution in [3.8, 4) is 17.3 Å². The third kappa shape index (κ3) is 3.51. The van der Waals surface area contributed by atoms with Crippen LogP contribution in [0.1, 0.15) is 10.4 Å². The standard InChI is InChI=1S/C21H13NO7/c23-16(13-7-9-14(10-8-13)22(25)26)12-28-21-19(24)15-4-1-2-5-17(15)29-20(21)18-6-3-11-27-18/h1-11H,12H2. The van der Waals surface area contributed by atoms with Gasteiger partial charge in [0.1, 0.15) is 5.58 Å². The van der Waals surface area contributed by atoms with Crippen molar-refractivity contribution in [1.82, 2.24) is 0 Å². The first-order valence-electron chi connectivity index (χ1n) is 8.55. The van der Waals surface area contributed by atoms with E-state index in [1.807, 2.05) is 0 Å². The number of furan rings is 1. The molecular formula is C21H13NO7. The van der Waals surface area contributed by atoms with Gasteiger partial charge >= 0.3 is 0 Å². The van der Waals surface area contributed by atoms with Crippen molar-refractivity contribution in [1.29, 1.82) is 0 Å². The van der Waals surface area contributed by atoms with E-state index in [1.54, 1.807) is 36.4 Å². The lowest BCUT2D eigenvalue weighted by atomic mass is 10.1.